The maximum atomic E-state index is 13.1. The number of amides is 4. The molecular formula is C21H25N3O5. The quantitative estimate of drug-likeness (QED) is 0.769. The van der Waals surface area contributed by atoms with Crippen molar-refractivity contribution in [1.82, 2.24) is 15.1 Å². The molecule has 1 aromatic carbocycles. The number of hydrogen-bond acceptors (Lipinski definition) is 5. The van der Waals surface area contributed by atoms with Gasteiger partial charge in [0.05, 0.1) is 0 Å². The van der Waals surface area contributed by atoms with Crippen molar-refractivity contribution in [2.24, 2.45) is 0 Å². The summed E-state index contributed by atoms with van der Waals surface area (Å²) in [6.07, 6.45) is 6.03. The maximum absolute atomic E-state index is 13.1. The van der Waals surface area contributed by atoms with E-state index < -0.39 is 17.5 Å². The second-order valence-corrected chi connectivity index (χ2v) is 7.59. The van der Waals surface area contributed by atoms with E-state index in [4.69, 9.17) is 9.47 Å². The summed E-state index contributed by atoms with van der Waals surface area (Å²) in [7, 11) is 0. The number of fused-ring (bicyclic) bond motifs is 1. The van der Waals surface area contributed by atoms with Crippen LogP contribution in [-0.4, -0.2) is 47.5 Å². The van der Waals surface area contributed by atoms with Gasteiger partial charge in [-0.3, -0.25) is 14.5 Å². The first-order valence-electron chi connectivity index (χ1n) is 9.97. The number of imide groups is 1. The number of urea groups is 1. The SMILES string of the molecule is CCN(C(=O)CN1C(=O)N[C@](C)(c2ccc3c(c2)OCO3)C1=O)C1=CCCCC1. The third-order valence-electron chi connectivity index (χ3n) is 5.75. The van der Waals surface area contributed by atoms with Crippen LogP contribution in [0.5, 0.6) is 11.5 Å². The highest BCUT2D eigenvalue weighted by Crippen LogP contribution is 2.37. The highest BCUT2D eigenvalue weighted by molar-refractivity contribution is 6.09. The average molecular weight is 399 g/mol. The first-order valence-corrected chi connectivity index (χ1v) is 9.97. The number of carbonyl (C=O) groups excluding carboxylic acids is 3. The number of allylic oxidation sites excluding steroid dienone is 2. The molecule has 1 aromatic rings. The fraction of sp³-hybridized carbons (Fsp3) is 0.476. The number of nitrogens with zero attached hydrogens (tertiary/aromatic N) is 2. The van der Waals surface area contributed by atoms with Crippen LogP contribution < -0.4 is 14.8 Å². The van der Waals surface area contributed by atoms with Crippen LogP contribution >= 0.6 is 0 Å². The fourth-order valence-electron chi connectivity index (χ4n) is 4.07. The van der Waals surface area contributed by atoms with Crippen LogP contribution in [0.1, 0.15) is 45.1 Å². The van der Waals surface area contributed by atoms with Gasteiger partial charge in [0.1, 0.15) is 12.1 Å². The molecule has 3 aliphatic rings. The van der Waals surface area contributed by atoms with Gasteiger partial charge < -0.3 is 19.7 Å². The molecular weight excluding hydrogens is 374 g/mol. The first kappa shape index (κ1) is 19.3. The number of hydrogen-bond donors (Lipinski definition) is 1. The Hall–Kier alpha value is -3.03. The van der Waals surface area contributed by atoms with Gasteiger partial charge in [0, 0.05) is 12.2 Å². The molecule has 1 aliphatic carbocycles. The van der Waals surface area contributed by atoms with Crippen LogP contribution in [0.3, 0.4) is 0 Å². The van der Waals surface area contributed by atoms with E-state index in [0.717, 1.165) is 36.3 Å². The molecule has 0 unspecified atom stereocenters. The lowest BCUT2D eigenvalue weighted by Crippen LogP contribution is -2.44. The summed E-state index contributed by atoms with van der Waals surface area (Å²) in [5.74, 6) is 0.421. The summed E-state index contributed by atoms with van der Waals surface area (Å²) in [5, 5.41) is 2.74. The van der Waals surface area contributed by atoms with Crippen molar-refractivity contribution in [1.29, 1.82) is 0 Å². The highest BCUT2D eigenvalue weighted by Gasteiger charge is 2.50. The first-order chi connectivity index (χ1) is 13.9. The second-order valence-electron chi connectivity index (χ2n) is 7.59. The van der Waals surface area contributed by atoms with Crippen LogP contribution in [-0.2, 0) is 15.1 Å². The van der Waals surface area contributed by atoms with Gasteiger partial charge in [-0.05, 0) is 57.2 Å². The minimum atomic E-state index is -1.26. The van der Waals surface area contributed by atoms with Crippen molar-refractivity contribution < 1.29 is 23.9 Å². The highest BCUT2D eigenvalue weighted by atomic mass is 16.7. The molecule has 2 heterocycles. The minimum absolute atomic E-state index is 0.124. The van der Waals surface area contributed by atoms with Crippen molar-refractivity contribution >= 4 is 17.8 Å². The molecule has 2 aliphatic heterocycles. The van der Waals surface area contributed by atoms with E-state index in [2.05, 4.69) is 11.4 Å². The smallest absolute Gasteiger partial charge is 0.325 e. The topological polar surface area (TPSA) is 88.2 Å². The Kier molecular flexibility index (Phi) is 4.94. The van der Waals surface area contributed by atoms with Crippen LogP contribution in [0.25, 0.3) is 0 Å². The standard InChI is InChI=1S/C21H25N3O5/c1-3-23(15-7-5-4-6-8-15)18(25)12-24-19(26)21(2,22-20(24)27)14-9-10-16-17(11-14)29-13-28-16/h7,9-11H,3-6,8,12-13H2,1-2H3,(H,22,27)/t21-/m1/s1. The van der Waals surface area contributed by atoms with E-state index in [1.165, 1.54) is 0 Å². The molecule has 4 amide bonds. The molecule has 0 radical (unpaired) electrons. The van der Waals surface area contributed by atoms with Gasteiger partial charge in [-0.25, -0.2) is 4.79 Å². The number of nitrogens with one attached hydrogen (secondary N) is 1. The Balaban J connectivity index is 1.53. The molecule has 0 saturated carbocycles. The zero-order chi connectivity index (χ0) is 20.6. The Morgan fingerprint density at radius 2 is 2.03 bits per heavy atom. The lowest BCUT2D eigenvalue weighted by Gasteiger charge is -2.28. The molecule has 0 bridgehead atoms. The average Bonchev–Trinajstić information content (AvgIpc) is 3.28. The number of ether oxygens (including phenoxy) is 2. The molecule has 1 fully saturated rings. The van der Waals surface area contributed by atoms with E-state index in [1.54, 1.807) is 30.0 Å². The second kappa shape index (κ2) is 7.42. The largest absolute Gasteiger partial charge is 0.454 e. The maximum Gasteiger partial charge on any atom is 0.325 e. The molecule has 0 spiro atoms. The molecule has 29 heavy (non-hydrogen) atoms. The van der Waals surface area contributed by atoms with Gasteiger partial charge in [-0.2, -0.15) is 0 Å². The van der Waals surface area contributed by atoms with Gasteiger partial charge in [0.25, 0.3) is 5.91 Å². The monoisotopic (exact) mass is 399 g/mol. The predicted molar refractivity (Wildman–Crippen MR) is 104 cm³/mol. The van der Waals surface area contributed by atoms with Gasteiger partial charge in [-0.1, -0.05) is 12.1 Å². The van der Waals surface area contributed by atoms with Crippen LogP contribution in [0.4, 0.5) is 4.79 Å². The summed E-state index contributed by atoms with van der Waals surface area (Å²) >= 11 is 0. The zero-order valence-electron chi connectivity index (χ0n) is 16.7. The molecule has 1 atom stereocenters. The van der Waals surface area contributed by atoms with E-state index in [9.17, 15) is 14.4 Å². The molecule has 1 saturated heterocycles. The van der Waals surface area contributed by atoms with Crippen molar-refractivity contribution in [3.63, 3.8) is 0 Å². The minimum Gasteiger partial charge on any atom is -0.454 e. The van der Waals surface area contributed by atoms with E-state index in [-0.39, 0.29) is 19.2 Å². The number of benzene rings is 1. The Morgan fingerprint density at radius 1 is 1.24 bits per heavy atom. The molecule has 154 valence electrons. The van der Waals surface area contributed by atoms with Crippen molar-refractivity contribution in [2.75, 3.05) is 19.9 Å². The molecule has 4 rings (SSSR count). The third-order valence-corrected chi connectivity index (χ3v) is 5.75. The number of likely N-dealkylation sites (N-methyl/N-ethyl adjacent to an activating group) is 1. The van der Waals surface area contributed by atoms with Crippen molar-refractivity contribution in [2.45, 2.75) is 45.1 Å². The third kappa shape index (κ3) is 3.32. The number of carbonyl (C=O) groups is 3. The van der Waals surface area contributed by atoms with Gasteiger partial charge in [0.15, 0.2) is 11.5 Å². The molecule has 8 nitrogen and oxygen atoms in total. The summed E-state index contributed by atoms with van der Waals surface area (Å²) in [6, 6.07) is 4.56. The Bertz CT molecular complexity index is 896. The normalized spacial score (nSPS) is 23.1. The summed E-state index contributed by atoms with van der Waals surface area (Å²) < 4.78 is 10.7. The molecule has 1 N–H and O–H groups in total. The van der Waals surface area contributed by atoms with Gasteiger partial charge >= 0.3 is 6.03 Å². The summed E-state index contributed by atoms with van der Waals surface area (Å²) in [6.45, 7) is 3.88. The summed E-state index contributed by atoms with van der Waals surface area (Å²) in [4.78, 5) is 41.3. The van der Waals surface area contributed by atoms with Crippen molar-refractivity contribution in [3.05, 3.63) is 35.5 Å². The van der Waals surface area contributed by atoms with E-state index >= 15 is 0 Å². The van der Waals surface area contributed by atoms with E-state index in [1.807, 2.05) is 6.92 Å². The zero-order valence-corrected chi connectivity index (χ0v) is 16.7. The van der Waals surface area contributed by atoms with Crippen LogP contribution in [0, 0.1) is 0 Å². The van der Waals surface area contributed by atoms with Crippen molar-refractivity contribution in [3.8, 4) is 11.5 Å². The fourth-order valence-corrected chi connectivity index (χ4v) is 4.07. The molecule has 0 aromatic heterocycles. The lowest BCUT2D eigenvalue weighted by molar-refractivity contribution is -0.138. The van der Waals surface area contributed by atoms with Crippen LogP contribution in [0.15, 0.2) is 30.0 Å². The lowest BCUT2D eigenvalue weighted by atomic mass is 9.91. The van der Waals surface area contributed by atoms with Crippen LogP contribution in [0.2, 0.25) is 0 Å². The summed E-state index contributed by atoms with van der Waals surface area (Å²) in [5.41, 5.74) is 0.297. The molecule has 8 heteroatoms. The Labute approximate surface area is 169 Å². The van der Waals surface area contributed by atoms with E-state index in [0.29, 0.717) is 23.6 Å². The van der Waals surface area contributed by atoms with Gasteiger partial charge in [0.2, 0.25) is 12.7 Å². The Morgan fingerprint density at radius 3 is 2.76 bits per heavy atom. The number of rotatable bonds is 5. The predicted octanol–water partition coefficient (Wildman–Crippen LogP) is 2.49. The van der Waals surface area contributed by atoms with Gasteiger partial charge in [-0.15, -0.1) is 0 Å².